The van der Waals surface area contributed by atoms with Gasteiger partial charge in [0.25, 0.3) is 0 Å². The maximum absolute atomic E-state index is 4.70. The molecule has 102 valence electrons. The molecule has 19 heavy (non-hydrogen) atoms. The summed E-state index contributed by atoms with van der Waals surface area (Å²) in [5, 5.41) is 3.14. The maximum atomic E-state index is 4.70. The van der Waals surface area contributed by atoms with Gasteiger partial charge in [0.1, 0.15) is 5.82 Å². The van der Waals surface area contributed by atoms with Crippen molar-refractivity contribution >= 4 is 0 Å². The van der Waals surface area contributed by atoms with Crippen molar-refractivity contribution in [2.45, 2.75) is 33.1 Å². The third-order valence-corrected chi connectivity index (χ3v) is 3.40. The normalized spacial score (nSPS) is 11.2. The lowest BCUT2D eigenvalue weighted by molar-refractivity contribution is 0.763. The zero-order valence-corrected chi connectivity index (χ0v) is 12.2. The van der Waals surface area contributed by atoms with Crippen molar-refractivity contribution in [2.24, 2.45) is 0 Å². The second-order valence-electron chi connectivity index (χ2n) is 5.29. The molecule has 0 saturated heterocycles. The van der Waals surface area contributed by atoms with E-state index in [4.69, 9.17) is 4.98 Å². The molecule has 0 amide bonds. The third-order valence-electron chi connectivity index (χ3n) is 3.40. The van der Waals surface area contributed by atoms with Gasteiger partial charge in [0.05, 0.1) is 5.69 Å². The van der Waals surface area contributed by atoms with Crippen molar-refractivity contribution in [3.05, 3.63) is 41.3 Å². The number of nitrogens with zero attached hydrogens (tertiary/aromatic N) is 1. The van der Waals surface area contributed by atoms with Crippen LogP contribution in [0.3, 0.4) is 0 Å². The Kier molecular flexibility index (Phi) is 4.38. The Hall–Kier alpha value is -1.61. The molecular formula is C16H23N3. The number of nitrogens with one attached hydrogen (secondary N) is 2. The molecule has 0 bridgehead atoms. The molecule has 1 heterocycles. The van der Waals surface area contributed by atoms with Gasteiger partial charge >= 0.3 is 0 Å². The Labute approximate surface area is 115 Å². The van der Waals surface area contributed by atoms with Gasteiger partial charge in [0.15, 0.2) is 0 Å². The fraction of sp³-hybridized carbons (Fsp3) is 0.438. The lowest BCUT2D eigenvalue weighted by Gasteiger charge is -2.06. The molecule has 2 aromatic rings. The molecule has 0 fully saturated rings. The van der Waals surface area contributed by atoms with E-state index >= 15 is 0 Å². The Balaban J connectivity index is 2.23. The smallest absolute Gasteiger partial charge is 0.108 e. The number of likely N-dealkylation sites (N-methyl/N-ethyl adjacent to an activating group) is 1. The Morgan fingerprint density at radius 1 is 1.21 bits per heavy atom. The van der Waals surface area contributed by atoms with Gasteiger partial charge < -0.3 is 10.3 Å². The van der Waals surface area contributed by atoms with Crippen LogP contribution in [0.1, 0.15) is 36.8 Å². The van der Waals surface area contributed by atoms with Gasteiger partial charge in [-0.3, -0.25) is 0 Å². The number of rotatable bonds is 5. The molecule has 0 aliphatic heterocycles. The molecule has 2 N–H and O–H groups in total. The highest BCUT2D eigenvalue weighted by Gasteiger charge is 2.09. The van der Waals surface area contributed by atoms with Crippen LogP contribution in [0.2, 0.25) is 0 Å². The first kappa shape index (κ1) is 13.8. The van der Waals surface area contributed by atoms with Crippen LogP contribution < -0.4 is 5.32 Å². The number of aryl methyl sites for hydroxylation is 1. The molecule has 2 rings (SSSR count). The van der Waals surface area contributed by atoms with Crippen LogP contribution in [-0.2, 0) is 6.42 Å². The summed E-state index contributed by atoms with van der Waals surface area (Å²) in [5.41, 5.74) is 4.77. The summed E-state index contributed by atoms with van der Waals surface area (Å²) in [6, 6.07) is 8.73. The Bertz CT molecular complexity index is 523. The molecule has 0 spiro atoms. The minimum Gasteiger partial charge on any atom is -0.346 e. The van der Waals surface area contributed by atoms with E-state index < -0.39 is 0 Å². The number of aromatic amines is 1. The minimum atomic E-state index is 0.570. The first-order valence-electron chi connectivity index (χ1n) is 6.92. The quantitative estimate of drug-likeness (QED) is 0.863. The molecule has 0 aliphatic carbocycles. The Morgan fingerprint density at radius 3 is 2.47 bits per heavy atom. The van der Waals surface area contributed by atoms with Crippen molar-refractivity contribution < 1.29 is 0 Å². The second-order valence-corrected chi connectivity index (χ2v) is 5.29. The van der Waals surface area contributed by atoms with Crippen molar-refractivity contribution in [2.75, 3.05) is 13.6 Å². The lowest BCUT2D eigenvalue weighted by Crippen LogP contribution is -2.11. The molecule has 0 unspecified atom stereocenters. The molecule has 0 radical (unpaired) electrons. The van der Waals surface area contributed by atoms with Crippen LogP contribution in [0.4, 0.5) is 0 Å². The molecule has 0 atom stereocenters. The van der Waals surface area contributed by atoms with E-state index in [1.165, 1.54) is 11.1 Å². The van der Waals surface area contributed by atoms with Crippen molar-refractivity contribution in [1.29, 1.82) is 0 Å². The highest BCUT2D eigenvalue weighted by Crippen LogP contribution is 2.23. The van der Waals surface area contributed by atoms with Gasteiger partial charge in [-0.05, 0) is 25.5 Å². The summed E-state index contributed by atoms with van der Waals surface area (Å²) in [6.45, 7) is 7.45. The minimum absolute atomic E-state index is 0.570. The summed E-state index contributed by atoms with van der Waals surface area (Å²) in [5.74, 6) is 1.62. The number of hydrogen-bond donors (Lipinski definition) is 2. The van der Waals surface area contributed by atoms with E-state index in [1.54, 1.807) is 0 Å². The van der Waals surface area contributed by atoms with E-state index in [0.717, 1.165) is 30.2 Å². The molecule has 3 heteroatoms. The number of hydrogen-bond acceptors (Lipinski definition) is 2. The summed E-state index contributed by atoms with van der Waals surface area (Å²) < 4.78 is 0. The summed E-state index contributed by atoms with van der Waals surface area (Å²) in [6.07, 6.45) is 0.932. The lowest BCUT2D eigenvalue weighted by atomic mass is 10.0. The highest BCUT2D eigenvalue weighted by atomic mass is 14.9. The van der Waals surface area contributed by atoms with Crippen molar-refractivity contribution in [1.82, 2.24) is 15.3 Å². The van der Waals surface area contributed by atoms with Gasteiger partial charge in [-0.15, -0.1) is 0 Å². The number of benzene rings is 1. The zero-order valence-electron chi connectivity index (χ0n) is 12.2. The summed E-state index contributed by atoms with van der Waals surface area (Å²) in [7, 11) is 1.96. The number of H-pyrrole nitrogens is 1. The van der Waals surface area contributed by atoms with E-state index in [9.17, 15) is 0 Å². The van der Waals surface area contributed by atoms with E-state index in [0.29, 0.717) is 5.92 Å². The molecule has 1 aromatic carbocycles. The van der Waals surface area contributed by atoms with Gasteiger partial charge in [0, 0.05) is 24.2 Å². The van der Waals surface area contributed by atoms with Gasteiger partial charge in [-0.1, -0.05) is 38.1 Å². The summed E-state index contributed by atoms with van der Waals surface area (Å²) >= 11 is 0. The second kappa shape index (κ2) is 6.02. The van der Waals surface area contributed by atoms with Gasteiger partial charge in [0.2, 0.25) is 0 Å². The van der Waals surface area contributed by atoms with Gasteiger partial charge in [-0.2, -0.15) is 0 Å². The SMILES string of the molecule is CNCCc1nc(-c2ccc(C(C)C)cc2)c(C)[nH]1. The Morgan fingerprint density at radius 2 is 1.89 bits per heavy atom. The molecule has 0 aliphatic rings. The topological polar surface area (TPSA) is 40.7 Å². The monoisotopic (exact) mass is 257 g/mol. The first-order chi connectivity index (χ1) is 9.11. The van der Waals surface area contributed by atoms with Crippen molar-refractivity contribution in [3.63, 3.8) is 0 Å². The average molecular weight is 257 g/mol. The maximum Gasteiger partial charge on any atom is 0.108 e. The number of aromatic nitrogens is 2. The van der Waals surface area contributed by atoms with Crippen LogP contribution in [-0.4, -0.2) is 23.6 Å². The average Bonchev–Trinajstić information content (AvgIpc) is 2.77. The third kappa shape index (κ3) is 3.24. The fourth-order valence-electron chi connectivity index (χ4n) is 2.19. The highest BCUT2D eigenvalue weighted by molar-refractivity contribution is 5.62. The zero-order chi connectivity index (χ0) is 13.8. The van der Waals surface area contributed by atoms with Crippen molar-refractivity contribution in [3.8, 4) is 11.3 Å². The van der Waals surface area contributed by atoms with Crippen LogP contribution in [0.5, 0.6) is 0 Å². The predicted molar refractivity (Wildman–Crippen MR) is 80.5 cm³/mol. The van der Waals surface area contributed by atoms with E-state index in [2.05, 4.69) is 55.3 Å². The molecule has 3 nitrogen and oxygen atoms in total. The van der Waals surface area contributed by atoms with E-state index in [-0.39, 0.29) is 0 Å². The fourth-order valence-corrected chi connectivity index (χ4v) is 2.19. The van der Waals surface area contributed by atoms with Crippen LogP contribution >= 0.6 is 0 Å². The molecule has 0 saturated carbocycles. The standard InChI is InChI=1S/C16H23N3/c1-11(2)13-5-7-14(8-6-13)16-12(3)18-15(19-16)9-10-17-4/h5-8,11,17H,9-10H2,1-4H3,(H,18,19). The number of imidazole rings is 1. The molecule has 1 aromatic heterocycles. The first-order valence-corrected chi connectivity index (χ1v) is 6.92. The van der Waals surface area contributed by atoms with E-state index in [1.807, 2.05) is 7.05 Å². The van der Waals surface area contributed by atoms with Gasteiger partial charge in [-0.25, -0.2) is 4.98 Å². The van der Waals surface area contributed by atoms with Crippen LogP contribution in [0.15, 0.2) is 24.3 Å². The summed E-state index contributed by atoms with van der Waals surface area (Å²) in [4.78, 5) is 8.06. The molecular weight excluding hydrogens is 234 g/mol. The van der Waals surface area contributed by atoms with Crippen LogP contribution in [0, 0.1) is 6.92 Å². The van der Waals surface area contributed by atoms with Crippen LogP contribution in [0.25, 0.3) is 11.3 Å². The predicted octanol–water partition coefficient (Wildman–Crippen LogP) is 3.27. The largest absolute Gasteiger partial charge is 0.346 e.